The topological polar surface area (TPSA) is 117 Å². The van der Waals surface area contributed by atoms with Crippen molar-refractivity contribution in [1.29, 1.82) is 0 Å². The highest BCUT2D eigenvalue weighted by atomic mass is 19.1. The van der Waals surface area contributed by atoms with Gasteiger partial charge in [0, 0.05) is 48.5 Å². The number of likely N-dealkylation sites (tertiary alicyclic amines) is 1. The Labute approximate surface area is 183 Å². The molecule has 32 heavy (non-hydrogen) atoms. The molecule has 9 nitrogen and oxygen atoms in total. The van der Waals surface area contributed by atoms with Crippen LogP contribution in [0.3, 0.4) is 0 Å². The van der Waals surface area contributed by atoms with Crippen LogP contribution < -0.4 is 20.7 Å². The highest BCUT2D eigenvalue weighted by Crippen LogP contribution is 2.40. The van der Waals surface area contributed by atoms with Crippen LogP contribution in [0.15, 0.2) is 24.5 Å². The second-order valence-corrected chi connectivity index (χ2v) is 8.20. The molecule has 1 saturated heterocycles. The van der Waals surface area contributed by atoms with E-state index < -0.39 is 11.9 Å². The zero-order valence-corrected chi connectivity index (χ0v) is 17.7. The summed E-state index contributed by atoms with van der Waals surface area (Å²) in [6, 6.07) is 3.13. The highest BCUT2D eigenvalue weighted by molar-refractivity contribution is 5.99. The number of nitrogen functional groups attached to an aromatic ring is 1. The Morgan fingerprint density at radius 1 is 1.31 bits per heavy atom. The molecular weight excluding hydrogens is 415 g/mol. The Morgan fingerprint density at radius 3 is 2.81 bits per heavy atom. The van der Waals surface area contributed by atoms with Crippen molar-refractivity contribution < 1.29 is 19.0 Å². The smallest absolute Gasteiger partial charge is 0.413 e. The molecule has 0 atom stereocenters. The van der Waals surface area contributed by atoms with Gasteiger partial charge in [-0.3, -0.25) is 4.90 Å². The third-order valence-electron chi connectivity index (χ3n) is 6.08. The standard InChI is InChI=1S/C22H23FN6O3/c1-11-15(7-27-21-20(11)25-3-4-32-21)14-5-12-6-17(26-8-16(12)19(24)18(14)23)29(22(30)31)13-9-28(2)10-13/h5-8,13,25H,3-4,9-10,24H2,1-2H3,(H,30,31). The lowest BCUT2D eigenvalue weighted by Crippen LogP contribution is -2.59. The minimum absolute atomic E-state index is 0.0388. The van der Waals surface area contributed by atoms with Gasteiger partial charge < -0.3 is 25.8 Å². The molecule has 2 aromatic heterocycles. The predicted octanol–water partition coefficient (Wildman–Crippen LogP) is 2.93. The van der Waals surface area contributed by atoms with Crippen LogP contribution in [0.25, 0.3) is 21.9 Å². The van der Waals surface area contributed by atoms with E-state index in [4.69, 9.17) is 10.5 Å². The van der Waals surface area contributed by atoms with Crippen LogP contribution in [0.2, 0.25) is 0 Å². The second-order valence-electron chi connectivity index (χ2n) is 8.20. The zero-order valence-electron chi connectivity index (χ0n) is 17.7. The number of hydrogen-bond donors (Lipinski definition) is 3. The molecule has 2 aliphatic heterocycles. The van der Waals surface area contributed by atoms with Gasteiger partial charge in [0.2, 0.25) is 5.88 Å². The third kappa shape index (κ3) is 3.14. The number of anilines is 3. The number of hydrogen-bond acceptors (Lipinski definition) is 7. The van der Waals surface area contributed by atoms with Crippen LogP contribution in [-0.4, -0.2) is 65.4 Å². The lowest BCUT2D eigenvalue weighted by molar-refractivity contribution is 0.160. The maximum Gasteiger partial charge on any atom is 0.413 e. The van der Waals surface area contributed by atoms with Crippen molar-refractivity contribution in [2.45, 2.75) is 13.0 Å². The molecule has 166 valence electrons. The fraction of sp³-hybridized carbons (Fsp3) is 0.318. The number of fused-ring (bicyclic) bond motifs is 2. The number of likely N-dealkylation sites (N-methyl/N-ethyl adjacent to an activating group) is 1. The Balaban J connectivity index is 1.64. The van der Waals surface area contributed by atoms with Gasteiger partial charge in [0.25, 0.3) is 0 Å². The molecule has 0 spiro atoms. The molecule has 3 aromatic rings. The molecule has 5 rings (SSSR count). The summed E-state index contributed by atoms with van der Waals surface area (Å²) >= 11 is 0. The molecule has 0 saturated carbocycles. The first-order valence-electron chi connectivity index (χ1n) is 10.3. The summed E-state index contributed by atoms with van der Waals surface area (Å²) in [4.78, 5) is 23.8. The molecule has 0 aliphatic carbocycles. The Hall–Kier alpha value is -3.66. The summed E-state index contributed by atoms with van der Waals surface area (Å²) in [5.41, 5.74) is 8.50. The van der Waals surface area contributed by atoms with Crippen LogP contribution in [0.4, 0.5) is 26.4 Å². The van der Waals surface area contributed by atoms with E-state index in [0.29, 0.717) is 48.5 Å². The molecule has 0 bridgehead atoms. The molecule has 4 N–H and O–H groups in total. The Kier molecular flexibility index (Phi) is 4.74. The maximum atomic E-state index is 15.3. The van der Waals surface area contributed by atoms with Crippen molar-refractivity contribution in [2.24, 2.45) is 0 Å². The molecule has 1 aromatic carbocycles. The summed E-state index contributed by atoms with van der Waals surface area (Å²) < 4.78 is 20.9. The normalized spacial score (nSPS) is 16.1. The van der Waals surface area contributed by atoms with Gasteiger partial charge in [-0.05, 0) is 37.1 Å². The molecule has 0 radical (unpaired) electrons. The number of ether oxygens (including phenoxy) is 1. The number of nitrogens with one attached hydrogen (secondary N) is 1. The zero-order chi connectivity index (χ0) is 22.6. The van der Waals surface area contributed by atoms with Gasteiger partial charge in [0.15, 0.2) is 5.82 Å². The van der Waals surface area contributed by atoms with Gasteiger partial charge in [-0.25, -0.2) is 19.2 Å². The largest absolute Gasteiger partial charge is 0.474 e. The number of nitrogens with two attached hydrogens (primary N) is 1. The summed E-state index contributed by atoms with van der Waals surface area (Å²) in [6.07, 6.45) is 1.92. The van der Waals surface area contributed by atoms with Crippen LogP contribution in [0.5, 0.6) is 5.88 Å². The van der Waals surface area contributed by atoms with Crippen molar-refractivity contribution in [2.75, 3.05) is 49.2 Å². The van der Waals surface area contributed by atoms with E-state index in [1.54, 1.807) is 18.3 Å². The van der Waals surface area contributed by atoms with Gasteiger partial charge in [0.05, 0.1) is 11.7 Å². The number of nitrogens with zero attached hydrogens (tertiary/aromatic N) is 4. The number of carbonyl (C=O) groups is 1. The van der Waals surface area contributed by atoms with Gasteiger partial charge in [-0.2, -0.15) is 0 Å². The van der Waals surface area contributed by atoms with Gasteiger partial charge in [-0.1, -0.05) is 0 Å². The quantitative estimate of drug-likeness (QED) is 0.535. The molecule has 1 fully saturated rings. The first-order valence-corrected chi connectivity index (χ1v) is 10.3. The minimum atomic E-state index is -1.08. The third-order valence-corrected chi connectivity index (χ3v) is 6.08. The average Bonchev–Trinajstić information content (AvgIpc) is 2.76. The Bertz CT molecular complexity index is 1240. The summed E-state index contributed by atoms with van der Waals surface area (Å²) in [6.45, 7) is 4.27. The van der Waals surface area contributed by atoms with Gasteiger partial charge >= 0.3 is 6.09 Å². The maximum absolute atomic E-state index is 15.3. The lowest BCUT2D eigenvalue weighted by atomic mass is 9.97. The first-order chi connectivity index (χ1) is 15.3. The van der Waals surface area contributed by atoms with Crippen LogP contribution >= 0.6 is 0 Å². The van der Waals surface area contributed by atoms with Crippen molar-refractivity contribution in [1.82, 2.24) is 14.9 Å². The molecule has 0 unspecified atom stereocenters. The highest BCUT2D eigenvalue weighted by Gasteiger charge is 2.34. The van der Waals surface area contributed by atoms with Crippen molar-refractivity contribution in [3.8, 4) is 17.0 Å². The van der Waals surface area contributed by atoms with Gasteiger partial charge in [-0.15, -0.1) is 0 Å². The van der Waals surface area contributed by atoms with E-state index in [1.165, 1.54) is 11.1 Å². The predicted molar refractivity (Wildman–Crippen MR) is 120 cm³/mol. The Morgan fingerprint density at radius 2 is 2.09 bits per heavy atom. The van der Waals surface area contributed by atoms with Gasteiger partial charge in [0.1, 0.15) is 18.1 Å². The fourth-order valence-electron chi connectivity index (χ4n) is 4.38. The van der Waals surface area contributed by atoms with E-state index in [0.717, 1.165) is 11.3 Å². The second kappa shape index (κ2) is 7.49. The molecule has 1 amide bonds. The van der Waals surface area contributed by atoms with E-state index >= 15 is 4.39 Å². The van der Waals surface area contributed by atoms with E-state index in [-0.39, 0.29) is 23.1 Å². The van der Waals surface area contributed by atoms with Crippen molar-refractivity contribution in [3.05, 3.63) is 35.9 Å². The summed E-state index contributed by atoms with van der Waals surface area (Å²) in [5, 5.41) is 14.0. The minimum Gasteiger partial charge on any atom is -0.474 e. The van der Waals surface area contributed by atoms with Crippen molar-refractivity contribution in [3.63, 3.8) is 0 Å². The number of amides is 1. The van der Waals surface area contributed by atoms with Crippen LogP contribution in [0.1, 0.15) is 5.56 Å². The lowest BCUT2D eigenvalue weighted by Gasteiger charge is -2.41. The van der Waals surface area contributed by atoms with E-state index in [1.807, 2.05) is 18.9 Å². The van der Waals surface area contributed by atoms with Crippen LogP contribution in [0, 0.1) is 12.7 Å². The molecule has 4 heterocycles. The number of rotatable bonds is 3. The van der Waals surface area contributed by atoms with Crippen LogP contribution in [-0.2, 0) is 0 Å². The number of halogens is 1. The average molecular weight is 438 g/mol. The molecule has 10 heteroatoms. The first kappa shape index (κ1) is 20.3. The molecule has 2 aliphatic rings. The number of carboxylic acid groups (broad SMARTS) is 1. The summed E-state index contributed by atoms with van der Waals surface area (Å²) in [5.74, 6) is 0.209. The van der Waals surface area contributed by atoms with E-state index in [2.05, 4.69) is 15.3 Å². The number of benzene rings is 1. The monoisotopic (exact) mass is 438 g/mol. The van der Waals surface area contributed by atoms with Crippen molar-refractivity contribution >= 4 is 34.1 Å². The number of pyridine rings is 2. The molecular formula is C22H23FN6O3. The SMILES string of the molecule is Cc1c(-c2cc3cc(N(C(=O)O)C4CN(C)C4)ncc3c(N)c2F)cnc2c1NCCO2. The fourth-order valence-corrected chi connectivity index (χ4v) is 4.38. The van der Waals surface area contributed by atoms with E-state index in [9.17, 15) is 9.90 Å². The number of aromatic nitrogens is 2. The summed E-state index contributed by atoms with van der Waals surface area (Å²) in [7, 11) is 1.93.